The molecular weight excluding hydrogens is 484 g/mol. The van der Waals surface area contributed by atoms with E-state index in [4.69, 9.17) is 4.74 Å². The molecule has 3 aliphatic heterocycles. The minimum Gasteiger partial charge on any atom is -0.391 e. The number of aliphatic hydroxyl groups is 1. The van der Waals surface area contributed by atoms with Gasteiger partial charge >= 0.3 is 0 Å². The molecule has 3 atom stereocenters. The van der Waals surface area contributed by atoms with E-state index in [-0.39, 0.29) is 36.6 Å². The van der Waals surface area contributed by atoms with E-state index in [1.54, 1.807) is 11.0 Å². The first-order chi connectivity index (χ1) is 18.3. The Hall–Kier alpha value is -3.43. The summed E-state index contributed by atoms with van der Waals surface area (Å²) in [6.45, 7) is 7.72. The Morgan fingerprint density at radius 2 is 1.79 bits per heavy atom. The number of aliphatic hydroxyl groups excluding tert-OH is 1. The first-order valence-corrected chi connectivity index (χ1v) is 13.4. The molecular formula is C29H36N4O5. The first-order valence-electron chi connectivity index (χ1n) is 13.4. The first kappa shape index (κ1) is 26.2. The quantitative estimate of drug-likeness (QED) is 0.577. The van der Waals surface area contributed by atoms with Crippen molar-refractivity contribution in [2.24, 2.45) is 5.92 Å². The fourth-order valence-corrected chi connectivity index (χ4v) is 5.71. The van der Waals surface area contributed by atoms with E-state index in [0.717, 1.165) is 43.1 Å². The van der Waals surface area contributed by atoms with Crippen molar-refractivity contribution < 1.29 is 24.2 Å². The lowest BCUT2D eigenvalue weighted by atomic mass is 10.0. The van der Waals surface area contributed by atoms with Gasteiger partial charge < -0.3 is 29.9 Å². The van der Waals surface area contributed by atoms with Gasteiger partial charge in [-0.25, -0.2) is 0 Å². The molecule has 2 fully saturated rings. The van der Waals surface area contributed by atoms with Gasteiger partial charge in [-0.2, -0.15) is 0 Å². The molecule has 2 saturated heterocycles. The predicted molar refractivity (Wildman–Crippen MR) is 142 cm³/mol. The van der Waals surface area contributed by atoms with Crippen LogP contribution in [-0.4, -0.2) is 83.7 Å². The fraction of sp³-hybridized carbons (Fsp3) is 0.483. The zero-order valence-corrected chi connectivity index (χ0v) is 22.0. The average molecular weight is 521 g/mol. The van der Waals surface area contributed by atoms with Crippen LogP contribution < -0.4 is 10.2 Å². The molecule has 0 bridgehead atoms. The predicted octanol–water partition coefficient (Wildman–Crippen LogP) is 1.78. The molecule has 0 spiro atoms. The second-order valence-electron chi connectivity index (χ2n) is 10.7. The molecule has 1 unspecified atom stereocenters. The summed E-state index contributed by atoms with van der Waals surface area (Å²) in [5, 5.41) is 13.4. The molecule has 0 aromatic heterocycles. The lowest BCUT2D eigenvalue weighted by Crippen LogP contribution is -2.55. The Bertz CT molecular complexity index is 1180. The van der Waals surface area contributed by atoms with Crippen molar-refractivity contribution in [2.45, 2.75) is 51.5 Å². The van der Waals surface area contributed by atoms with Gasteiger partial charge in [-0.1, -0.05) is 44.2 Å². The smallest absolute Gasteiger partial charge is 0.255 e. The van der Waals surface area contributed by atoms with Crippen LogP contribution in [0.25, 0.3) is 0 Å². The number of benzene rings is 2. The molecule has 3 aliphatic rings. The van der Waals surface area contributed by atoms with Crippen molar-refractivity contribution in [3.63, 3.8) is 0 Å². The van der Waals surface area contributed by atoms with E-state index in [0.29, 0.717) is 18.7 Å². The molecule has 9 heteroatoms. The number of amides is 3. The van der Waals surface area contributed by atoms with Gasteiger partial charge in [-0.3, -0.25) is 14.4 Å². The maximum absolute atomic E-state index is 13.8. The number of carbonyl (C=O) groups excluding carboxylic acids is 3. The number of likely N-dealkylation sites (tertiary alicyclic amines) is 1. The van der Waals surface area contributed by atoms with Crippen molar-refractivity contribution >= 4 is 23.4 Å². The Balaban J connectivity index is 1.24. The van der Waals surface area contributed by atoms with Gasteiger partial charge in [0.15, 0.2) is 0 Å². The SMILES string of the molecule is CC(C)C(C(=O)N1C[C@H](O)C[C@H]1C(=O)NCc1ccc(N2CCOCC2)cc1)N1Cc2ccccc2C1=O. The third-order valence-electron chi connectivity index (χ3n) is 7.71. The molecule has 3 amide bonds. The lowest BCUT2D eigenvalue weighted by Gasteiger charge is -2.35. The largest absolute Gasteiger partial charge is 0.391 e. The van der Waals surface area contributed by atoms with Crippen LogP contribution in [-0.2, 0) is 27.4 Å². The van der Waals surface area contributed by atoms with Gasteiger partial charge in [0.25, 0.3) is 5.91 Å². The Kier molecular flexibility index (Phi) is 7.67. The molecule has 0 saturated carbocycles. The third kappa shape index (κ3) is 5.26. The van der Waals surface area contributed by atoms with Crippen LogP contribution in [0, 0.1) is 5.92 Å². The number of rotatable bonds is 7. The van der Waals surface area contributed by atoms with Crippen LogP contribution >= 0.6 is 0 Å². The molecule has 202 valence electrons. The maximum atomic E-state index is 13.8. The normalized spacial score (nSPS) is 22.1. The Labute approximate surface area is 223 Å². The summed E-state index contributed by atoms with van der Waals surface area (Å²) in [5.74, 6) is -0.931. The second-order valence-corrected chi connectivity index (χ2v) is 10.7. The molecule has 9 nitrogen and oxygen atoms in total. The average Bonchev–Trinajstić information content (AvgIpc) is 3.48. The molecule has 2 aromatic rings. The Morgan fingerprint density at radius 1 is 1.08 bits per heavy atom. The van der Waals surface area contributed by atoms with E-state index in [1.807, 2.05) is 56.3 Å². The fourth-order valence-electron chi connectivity index (χ4n) is 5.71. The van der Waals surface area contributed by atoms with Crippen LogP contribution in [0.4, 0.5) is 5.69 Å². The molecule has 5 rings (SSSR count). The number of β-amino-alcohol motifs (C(OH)–C–C–N with tert-alkyl or cyclic N) is 1. The van der Waals surface area contributed by atoms with Crippen LogP contribution in [0.5, 0.6) is 0 Å². The number of nitrogens with one attached hydrogen (secondary N) is 1. The third-order valence-corrected chi connectivity index (χ3v) is 7.71. The highest BCUT2D eigenvalue weighted by Crippen LogP contribution is 2.30. The molecule has 0 aliphatic carbocycles. The number of hydrogen-bond acceptors (Lipinski definition) is 6. The van der Waals surface area contributed by atoms with Crippen molar-refractivity contribution in [3.05, 3.63) is 65.2 Å². The Morgan fingerprint density at radius 3 is 2.47 bits per heavy atom. The van der Waals surface area contributed by atoms with Gasteiger partial charge in [0, 0.05) is 50.4 Å². The molecule has 2 aromatic carbocycles. The molecule has 0 radical (unpaired) electrons. The highest BCUT2D eigenvalue weighted by molar-refractivity contribution is 6.01. The van der Waals surface area contributed by atoms with E-state index in [9.17, 15) is 19.5 Å². The summed E-state index contributed by atoms with van der Waals surface area (Å²) in [5.41, 5.74) is 3.58. The molecule has 2 N–H and O–H groups in total. The number of hydrogen-bond donors (Lipinski definition) is 2. The summed E-state index contributed by atoms with van der Waals surface area (Å²) < 4.78 is 5.41. The number of carbonyl (C=O) groups is 3. The summed E-state index contributed by atoms with van der Waals surface area (Å²) in [4.78, 5) is 45.5. The van der Waals surface area contributed by atoms with Crippen molar-refractivity contribution in [1.82, 2.24) is 15.1 Å². The lowest BCUT2D eigenvalue weighted by molar-refractivity contribution is -0.143. The summed E-state index contributed by atoms with van der Waals surface area (Å²) in [6, 6.07) is 13.9. The monoisotopic (exact) mass is 520 g/mol. The van der Waals surface area contributed by atoms with E-state index in [2.05, 4.69) is 10.2 Å². The van der Waals surface area contributed by atoms with E-state index in [1.165, 1.54) is 4.90 Å². The standard InChI is InChI=1S/C29H36N4O5/c1-19(2)26(33-17-21-5-3-4-6-24(21)28(33)36)29(37)32-18-23(34)15-25(32)27(35)30-16-20-7-9-22(10-8-20)31-11-13-38-14-12-31/h3-10,19,23,25-26,34H,11-18H2,1-2H3,(H,30,35)/t23-,25+,26?/m1/s1. The highest BCUT2D eigenvalue weighted by Gasteiger charge is 2.45. The van der Waals surface area contributed by atoms with Crippen LogP contribution in [0.2, 0.25) is 0 Å². The van der Waals surface area contributed by atoms with Crippen molar-refractivity contribution in [2.75, 3.05) is 37.7 Å². The van der Waals surface area contributed by atoms with Crippen LogP contribution in [0.1, 0.15) is 41.8 Å². The minimum atomic E-state index is -0.790. The summed E-state index contributed by atoms with van der Waals surface area (Å²) in [6.07, 6.45) is -0.617. The van der Waals surface area contributed by atoms with E-state index >= 15 is 0 Å². The van der Waals surface area contributed by atoms with Gasteiger partial charge in [-0.05, 0) is 35.2 Å². The van der Waals surface area contributed by atoms with Crippen molar-refractivity contribution in [3.8, 4) is 0 Å². The number of nitrogens with zero attached hydrogens (tertiary/aromatic N) is 3. The van der Waals surface area contributed by atoms with E-state index < -0.39 is 18.2 Å². The van der Waals surface area contributed by atoms with Gasteiger partial charge in [0.2, 0.25) is 11.8 Å². The summed E-state index contributed by atoms with van der Waals surface area (Å²) in [7, 11) is 0. The highest BCUT2D eigenvalue weighted by atomic mass is 16.5. The topological polar surface area (TPSA) is 102 Å². The maximum Gasteiger partial charge on any atom is 0.255 e. The second kappa shape index (κ2) is 11.1. The zero-order chi connectivity index (χ0) is 26.8. The van der Waals surface area contributed by atoms with Crippen molar-refractivity contribution in [1.29, 1.82) is 0 Å². The number of ether oxygens (including phenoxy) is 1. The van der Waals surface area contributed by atoms with Crippen LogP contribution in [0.15, 0.2) is 48.5 Å². The van der Waals surface area contributed by atoms with Gasteiger partial charge in [0.05, 0.1) is 19.3 Å². The van der Waals surface area contributed by atoms with Crippen LogP contribution in [0.3, 0.4) is 0 Å². The minimum absolute atomic E-state index is 0.0728. The summed E-state index contributed by atoms with van der Waals surface area (Å²) >= 11 is 0. The van der Waals surface area contributed by atoms with Gasteiger partial charge in [-0.15, -0.1) is 0 Å². The zero-order valence-electron chi connectivity index (χ0n) is 22.0. The van der Waals surface area contributed by atoms with Gasteiger partial charge in [0.1, 0.15) is 12.1 Å². The number of anilines is 1. The molecule has 38 heavy (non-hydrogen) atoms. The number of morpholine rings is 1. The number of fused-ring (bicyclic) bond motifs is 1. The molecule has 3 heterocycles.